The van der Waals surface area contributed by atoms with Crippen LogP contribution in [0.5, 0.6) is 0 Å². The number of carbonyl (C=O) groups is 1. The quantitative estimate of drug-likeness (QED) is 0.388. The van der Waals surface area contributed by atoms with E-state index in [1.165, 1.54) is 19.3 Å². The van der Waals surface area contributed by atoms with E-state index in [0.717, 1.165) is 18.9 Å². The summed E-state index contributed by atoms with van der Waals surface area (Å²) < 4.78 is 39.8. The molecule has 25 heavy (non-hydrogen) atoms. The third-order valence-electron chi connectivity index (χ3n) is 2.24. The summed E-state index contributed by atoms with van der Waals surface area (Å²) in [5.74, 6) is -0.631. The average molecular weight is 388 g/mol. The molecule has 1 aromatic carbocycles. The summed E-state index contributed by atoms with van der Waals surface area (Å²) in [6.45, 7) is 16.0. The minimum atomic E-state index is -1.54. The number of ether oxygens (including phenoxy) is 1. The summed E-state index contributed by atoms with van der Waals surface area (Å²) in [5, 5.41) is 0. The van der Waals surface area contributed by atoms with Crippen molar-refractivity contribution in [3.63, 3.8) is 0 Å². The van der Waals surface area contributed by atoms with E-state index in [1.807, 2.05) is 6.07 Å². The molecule has 1 rings (SSSR count). The van der Waals surface area contributed by atoms with Crippen LogP contribution in [0.15, 0.2) is 30.3 Å². The summed E-state index contributed by atoms with van der Waals surface area (Å²) in [5.41, 5.74) is 0.742. The van der Waals surface area contributed by atoms with Gasteiger partial charge in [0.2, 0.25) is 0 Å². The standard InChI is InChI=1S/C14H13FO3.3CO.Fe/c1-11(15)13(17)8-5-9-14(18-10-16)12-6-3-2-4-7-12;3*1-2;/h2-9,11,14H,1H3;;;;/q-1;;;;+2/t11-,14+;;;;/m1..../s1. The van der Waals surface area contributed by atoms with Crippen LogP contribution in [0.3, 0.4) is 0 Å². The first-order valence-electron chi connectivity index (χ1n) is 6.03. The van der Waals surface area contributed by atoms with Gasteiger partial charge in [-0.1, -0.05) is 36.8 Å². The molecule has 0 amide bonds. The van der Waals surface area contributed by atoms with Gasteiger partial charge in [0, 0.05) is 12.8 Å². The predicted octanol–water partition coefficient (Wildman–Crippen LogP) is 2.24. The molecular formula is C17H13FFeO6+. The number of benzene rings is 1. The van der Waals surface area contributed by atoms with Gasteiger partial charge in [-0.3, -0.25) is 4.79 Å². The summed E-state index contributed by atoms with van der Waals surface area (Å²) in [6, 6.07) is 8.96. The van der Waals surface area contributed by atoms with Crippen LogP contribution in [0.4, 0.5) is 4.39 Å². The van der Waals surface area contributed by atoms with Crippen molar-refractivity contribution in [3.05, 3.63) is 75.1 Å². The Hall–Kier alpha value is -1.97. The van der Waals surface area contributed by atoms with Crippen molar-refractivity contribution in [2.75, 3.05) is 0 Å². The molecule has 8 heteroatoms. The average Bonchev–Trinajstić information content (AvgIpc) is 2.66. The molecule has 0 spiro atoms. The van der Waals surface area contributed by atoms with Crippen LogP contribution >= 0.6 is 0 Å². The van der Waals surface area contributed by atoms with Crippen LogP contribution in [0.25, 0.3) is 0 Å². The number of Topliss-reactive ketones (excluding diaryl/α,β-unsaturated/α-hetero) is 1. The molecule has 0 unspecified atom stereocenters. The molecule has 3 radical (unpaired) electrons. The van der Waals surface area contributed by atoms with Gasteiger partial charge in [0.25, 0.3) is 0 Å². The van der Waals surface area contributed by atoms with Crippen molar-refractivity contribution >= 4 is 12.3 Å². The second-order valence-corrected chi connectivity index (χ2v) is 3.60. The monoisotopic (exact) mass is 388 g/mol. The van der Waals surface area contributed by atoms with E-state index in [-0.39, 0.29) is 17.1 Å². The summed E-state index contributed by atoms with van der Waals surface area (Å²) in [7, 11) is 0. The maximum absolute atomic E-state index is 12.6. The topological polar surface area (TPSA) is 103 Å². The Bertz CT molecular complexity index is 485. The van der Waals surface area contributed by atoms with E-state index in [2.05, 4.69) is 20.0 Å². The summed E-state index contributed by atoms with van der Waals surface area (Å²) in [6.07, 6.45) is 1.79. The van der Waals surface area contributed by atoms with Gasteiger partial charge >= 0.3 is 51.0 Å². The Morgan fingerprint density at radius 1 is 1.16 bits per heavy atom. The van der Waals surface area contributed by atoms with Crippen molar-refractivity contribution in [1.29, 1.82) is 0 Å². The maximum atomic E-state index is 12.6. The first kappa shape index (κ1) is 30.9. The number of rotatable bonds is 8. The molecule has 131 valence electrons. The van der Waals surface area contributed by atoms with E-state index < -0.39 is 18.1 Å². The Labute approximate surface area is 156 Å². The molecule has 0 aliphatic rings. The fourth-order valence-corrected chi connectivity index (χ4v) is 1.30. The first-order valence-corrected chi connectivity index (χ1v) is 6.03. The van der Waals surface area contributed by atoms with Gasteiger partial charge in [-0.15, -0.1) is 0 Å². The molecule has 0 fully saturated rings. The van der Waals surface area contributed by atoms with Gasteiger partial charge in [-0.05, 0) is 18.9 Å². The Morgan fingerprint density at radius 3 is 2.04 bits per heavy atom. The van der Waals surface area contributed by atoms with Crippen molar-refractivity contribution in [2.45, 2.75) is 19.2 Å². The van der Waals surface area contributed by atoms with Crippen molar-refractivity contribution in [3.8, 4) is 0 Å². The fourth-order valence-electron chi connectivity index (χ4n) is 1.30. The third kappa shape index (κ3) is 16.7. The molecule has 0 aliphatic carbocycles. The second kappa shape index (κ2) is 24.3. The van der Waals surface area contributed by atoms with Gasteiger partial charge < -0.3 is 9.53 Å². The Kier molecular flexibility index (Phi) is 30.0. The van der Waals surface area contributed by atoms with E-state index in [4.69, 9.17) is 18.7 Å². The molecule has 0 N–H and O–H groups in total. The van der Waals surface area contributed by atoms with Crippen LogP contribution in [-0.4, -0.2) is 18.4 Å². The number of alkyl halides is 1. The summed E-state index contributed by atoms with van der Waals surface area (Å²) in [4.78, 5) is 21.3. The molecule has 0 saturated heterocycles. The smallest absolute Gasteiger partial charge is 2.00 e. The van der Waals surface area contributed by atoms with Gasteiger partial charge in [0.05, 0.1) is 6.10 Å². The zero-order valence-electron chi connectivity index (χ0n) is 13.0. The van der Waals surface area contributed by atoms with Gasteiger partial charge in [-0.2, -0.15) is 0 Å². The Morgan fingerprint density at radius 2 is 1.64 bits per heavy atom. The largest absolute Gasteiger partial charge is 2.00 e. The van der Waals surface area contributed by atoms with Crippen LogP contribution in [-0.2, 0) is 45.4 Å². The predicted molar refractivity (Wildman–Crippen MR) is 76.2 cm³/mol. The van der Waals surface area contributed by atoms with E-state index >= 15 is 0 Å². The zero-order valence-corrected chi connectivity index (χ0v) is 14.1. The number of ketones is 1. The van der Waals surface area contributed by atoms with Crippen molar-refractivity contribution in [2.24, 2.45) is 0 Å². The molecule has 0 heterocycles. The number of hydrogen-bond acceptors (Lipinski definition) is 3. The first-order chi connectivity index (χ1) is 11.6. The second-order valence-electron chi connectivity index (χ2n) is 3.60. The molecular weight excluding hydrogens is 375 g/mol. The fraction of sp³-hybridized carbons (Fsp3) is 0.176. The van der Waals surface area contributed by atoms with Crippen LogP contribution in [0.1, 0.15) is 18.6 Å². The molecule has 0 bridgehead atoms. The Balaban J connectivity index is -0.000000284. The van der Waals surface area contributed by atoms with Crippen molar-refractivity contribution < 1.29 is 49.7 Å². The molecule has 2 atom stereocenters. The number of carbonyl (C=O) groups excluding carboxylic acids is 2. The van der Waals surface area contributed by atoms with Gasteiger partial charge in [0.1, 0.15) is 0 Å². The zero-order chi connectivity index (χ0) is 19.4. The molecule has 0 aromatic heterocycles. The van der Waals surface area contributed by atoms with Crippen molar-refractivity contribution in [1.82, 2.24) is 0 Å². The summed E-state index contributed by atoms with van der Waals surface area (Å²) >= 11 is 0. The number of halogens is 1. The normalized spacial score (nSPS) is 10.1. The van der Waals surface area contributed by atoms with E-state index in [9.17, 15) is 14.0 Å². The van der Waals surface area contributed by atoms with Crippen LogP contribution in [0.2, 0.25) is 0 Å². The molecule has 6 nitrogen and oxygen atoms in total. The van der Waals surface area contributed by atoms with Crippen LogP contribution in [0, 0.1) is 39.2 Å². The number of hydrogen-bond donors (Lipinski definition) is 0. The minimum Gasteiger partial charge on any atom is 2.00 e. The maximum Gasteiger partial charge on any atom is 2.00 e. The van der Waals surface area contributed by atoms with E-state index in [1.54, 1.807) is 24.3 Å². The minimum absolute atomic E-state index is 0. The molecule has 1 aromatic rings. The third-order valence-corrected chi connectivity index (χ3v) is 2.24. The molecule has 0 aliphatic heterocycles. The SMILES string of the molecule is C[C@@H](F)C(=O)[CH][CH][CH][C@H](O[C-]=O)c1ccccc1.[C-]#[O+].[C-]#[O+].[C-]#[O+].[Fe+2]. The van der Waals surface area contributed by atoms with Gasteiger partial charge in [-0.25, -0.2) is 4.39 Å². The van der Waals surface area contributed by atoms with Crippen LogP contribution < -0.4 is 0 Å². The molecule has 0 saturated carbocycles. The van der Waals surface area contributed by atoms with Gasteiger partial charge in [0.15, 0.2) is 12.0 Å². The van der Waals surface area contributed by atoms with E-state index in [0.29, 0.717) is 0 Å².